The molecule has 2 saturated heterocycles. The van der Waals surface area contributed by atoms with Crippen LogP contribution in [-0.4, -0.2) is 60.5 Å². The van der Waals surface area contributed by atoms with E-state index in [0.29, 0.717) is 12.5 Å². The number of amides is 1. The Kier molecular flexibility index (Phi) is 10.5. The Balaban J connectivity index is 0.00000306. The van der Waals surface area contributed by atoms with Crippen LogP contribution in [-0.2, 0) is 11.3 Å². The number of anilines is 1. The monoisotopic (exact) mass is 568 g/mol. The highest BCUT2D eigenvalue weighted by molar-refractivity contribution is 14.0. The fraction of sp³-hybridized carbons (Fsp3) is 0.720. The van der Waals surface area contributed by atoms with Crippen LogP contribution in [0.4, 0.5) is 5.82 Å². The van der Waals surface area contributed by atoms with Crippen molar-refractivity contribution in [3.05, 3.63) is 23.9 Å². The molecule has 1 atom stereocenters. The molecule has 1 unspecified atom stereocenters. The summed E-state index contributed by atoms with van der Waals surface area (Å²) in [6.45, 7) is 7.37. The molecule has 0 bridgehead atoms. The van der Waals surface area contributed by atoms with Crippen LogP contribution in [0.15, 0.2) is 23.3 Å². The lowest BCUT2D eigenvalue weighted by molar-refractivity contribution is -0.135. The van der Waals surface area contributed by atoms with Crippen LogP contribution in [0.2, 0.25) is 0 Å². The molecule has 184 valence electrons. The molecule has 3 aliphatic rings. The Labute approximate surface area is 216 Å². The molecular formula is C25H41IN6O. The fourth-order valence-corrected chi connectivity index (χ4v) is 5.22. The molecule has 1 amide bonds. The van der Waals surface area contributed by atoms with Crippen molar-refractivity contribution in [2.24, 2.45) is 10.9 Å². The third-order valence-corrected chi connectivity index (χ3v) is 7.05. The second-order valence-corrected chi connectivity index (χ2v) is 9.51. The highest BCUT2D eigenvalue weighted by atomic mass is 127. The molecular weight excluding hydrogens is 527 g/mol. The summed E-state index contributed by atoms with van der Waals surface area (Å²) in [5, 5.41) is 6.95. The number of aromatic nitrogens is 1. The first-order chi connectivity index (χ1) is 15.7. The molecule has 3 fully saturated rings. The highest BCUT2D eigenvalue weighted by Gasteiger charge is 2.31. The van der Waals surface area contributed by atoms with Gasteiger partial charge in [-0.3, -0.25) is 4.79 Å². The van der Waals surface area contributed by atoms with Gasteiger partial charge in [0.1, 0.15) is 5.82 Å². The van der Waals surface area contributed by atoms with Gasteiger partial charge in [-0.1, -0.05) is 19.3 Å². The van der Waals surface area contributed by atoms with Crippen LogP contribution in [0.5, 0.6) is 0 Å². The lowest BCUT2D eigenvalue weighted by Crippen LogP contribution is -2.45. The molecule has 1 aliphatic carbocycles. The van der Waals surface area contributed by atoms with E-state index >= 15 is 0 Å². The first kappa shape index (κ1) is 26.0. The number of nitrogens with one attached hydrogen (secondary N) is 2. The van der Waals surface area contributed by atoms with Crippen molar-refractivity contribution < 1.29 is 4.79 Å². The van der Waals surface area contributed by atoms with E-state index in [1.165, 1.54) is 44.1 Å². The van der Waals surface area contributed by atoms with Gasteiger partial charge < -0.3 is 20.4 Å². The Morgan fingerprint density at radius 1 is 1.09 bits per heavy atom. The van der Waals surface area contributed by atoms with E-state index in [1.54, 1.807) is 0 Å². The molecule has 1 aromatic rings. The van der Waals surface area contributed by atoms with Gasteiger partial charge in [-0.2, -0.15) is 0 Å². The third-order valence-electron chi connectivity index (χ3n) is 7.05. The number of aliphatic imine (C=N–C) groups is 1. The molecule has 4 rings (SSSR count). The van der Waals surface area contributed by atoms with Gasteiger partial charge in [-0.15, -0.1) is 24.0 Å². The molecule has 2 N–H and O–H groups in total. The molecule has 8 heteroatoms. The maximum Gasteiger partial charge on any atom is 0.225 e. The normalized spacial score (nSPS) is 22.1. The Morgan fingerprint density at radius 3 is 2.61 bits per heavy atom. The van der Waals surface area contributed by atoms with E-state index < -0.39 is 0 Å². The average molecular weight is 569 g/mol. The second-order valence-electron chi connectivity index (χ2n) is 9.51. The molecule has 7 nitrogen and oxygen atoms in total. The van der Waals surface area contributed by atoms with Gasteiger partial charge in [0, 0.05) is 50.9 Å². The van der Waals surface area contributed by atoms with Gasteiger partial charge in [0.05, 0.1) is 6.54 Å². The number of nitrogens with zero attached hydrogens (tertiary/aromatic N) is 4. The number of hydrogen-bond acceptors (Lipinski definition) is 4. The van der Waals surface area contributed by atoms with Crippen LogP contribution in [0.1, 0.15) is 70.3 Å². The number of piperidine rings is 1. The van der Waals surface area contributed by atoms with Gasteiger partial charge in [-0.25, -0.2) is 9.98 Å². The summed E-state index contributed by atoms with van der Waals surface area (Å²) in [6.07, 6.45) is 12.6. The van der Waals surface area contributed by atoms with Crippen molar-refractivity contribution in [2.45, 2.75) is 77.3 Å². The van der Waals surface area contributed by atoms with E-state index in [1.807, 2.05) is 6.20 Å². The topological polar surface area (TPSA) is 72.9 Å². The summed E-state index contributed by atoms with van der Waals surface area (Å²) in [6, 6.07) is 4.50. The molecule has 0 radical (unpaired) electrons. The largest absolute Gasteiger partial charge is 0.357 e. The summed E-state index contributed by atoms with van der Waals surface area (Å²) in [5.41, 5.74) is 1.18. The van der Waals surface area contributed by atoms with Gasteiger partial charge in [0.25, 0.3) is 0 Å². The molecule has 33 heavy (non-hydrogen) atoms. The first-order valence-corrected chi connectivity index (χ1v) is 12.8. The van der Waals surface area contributed by atoms with E-state index in [9.17, 15) is 4.79 Å². The maximum atomic E-state index is 12.9. The minimum Gasteiger partial charge on any atom is -0.357 e. The number of pyridine rings is 1. The smallest absolute Gasteiger partial charge is 0.225 e. The molecule has 0 spiro atoms. The minimum atomic E-state index is 0. The summed E-state index contributed by atoms with van der Waals surface area (Å²) in [5.74, 6) is 2.53. The second kappa shape index (κ2) is 13.3. The predicted octanol–water partition coefficient (Wildman–Crippen LogP) is 3.93. The lowest BCUT2D eigenvalue weighted by Gasteiger charge is -2.27. The summed E-state index contributed by atoms with van der Waals surface area (Å²) < 4.78 is 0. The quantitative estimate of drug-likeness (QED) is 0.309. The lowest BCUT2D eigenvalue weighted by atomic mass is 9.88. The number of hydrogen-bond donors (Lipinski definition) is 2. The highest BCUT2D eigenvalue weighted by Crippen LogP contribution is 2.27. The predicted molar refractivity (Wildman–Crippen MR) is 145 cm³/mol. The van der Waals surface area contributed by atoms with Crippen molar-refractivity contribution in [1.29, 1.82) is 0 Å². The number of halogens is 1. The molecule has 2 aliphatic heterocycles. The maximum absolute atomic E-state index is 12.9. The van der Waals surface area contributed by atoms with Crippen molar-refractivity contribution in [3.63, 3.8) is 0 Å². The number of carbonyl (C=O) groups excluding carboxylic acids is 1. The van der Waals surface area contributed by atoms with Crippen molar-refractivity contribution in [3.8, 4) is 0 Å². The summed E-state index contributed by atoms with van der Waals surface area (Å²) in [4.78, 5) is 26.8. The standard InChI is InChI=1S/C25H40N6O.HI/c1-2-26-25(28-18-20-11-13-27-23(17-20)30-14-7-4-8-15-30)29-22-12-16-31(19-22)24(32)21-9-5-3-6-10-21;/h11,13,17,21-22H,2-10,12,14-16,18-19H2,1H3,(H2,26,28,29);1H. The SMILES string of the molecule is CCNC(=NCc1ccnc(N2CCCCC2)c1)NC1CCN(C(=O)C2CCCCC2)C1.I. The molecule has 0 aromatic carbocycles. The average Bonchev–Trinajstić information content (AvgIpc) is 3.32. The number of guanidine groups is 1. The zero-order chi connectivity index (χ0) is 22.2. The Morgan fingerprint density at radius 2 is 1.85 bits per heavy atom. The number of likely N-dealkylation sites (tertiary alicyclic amines) is 1. The minimum absolute atomic E-state index is 0. The van der Waals surface area contributed by atoms with Crippen LogP contribution < -0.4 is 15.5 Å². The fourth-order valence-electron chi connectivity index (χ4n) is 5.22. The Hall–Kier alpha value is -1.58. The van der Waals surface area contributed by atoms with Crippen molar-refractivity contribution in [1.82, 2.24) is 20.5 Å². The molecule has 1 aromatic heterocycles. The van der Waals surface area contributed by atoms with E-state index in [4.69, 9.17) is 4.99 Å². The number of rotatable bonds is 6. The van der Waals surface area contributed by atoms with E-state index in [0.717, 1.165) is 63.8 Å². The number of carbonyl (C=O) groups is 1. The summed E-state index contributed by atoms with van der Waals surface area (Å²) >= 11 is 0. The Bertz CT molecular complexity index is 776. The zero-order valence-corrected chi connectivity index (χ0v) is 22.4. The molecule has 1 saturated carbocycles. The zero-order valence-electron chi connectivity index (χ0n) is 20.1. The summed E-state index contributed by atoms with van der Waals surface area (Å²) in [7, 11) is 0. The van der Waals surface area contributed by atoms with Gasteiger partial charge in [-0.05, 0) is 63.1 Å². The van der Waals surface area contributed by atoms with Crippen LogP contribution in [0.3, 0.4) is 0 Å². The van der Waals surface area contributed by atoms with Crippen molar-refractivity contribution in [2.75, 3.05) is 37.6 Å². The van der Waals surface area contributed by atoms with Gasteiger partial charge in [0.2, 0.25) is 5.91 Å². The van der Waals surface area contributed by atoms with Crippen molar-refractivity contribution >= 4 is 41.7 Å². The van der Waals surface area contributed by atoms with Gasteiger partial charge in [0.15, 0.2) is 5.96 Å². The first-order valence-electron chi connectivity index (χ1n) is 12.8. The third kappa shape index (κ3) is 7.45. The van der Waals surface area contributed by atoms with Crippen LogP contribution in [0, 0.1) is 5.92 Å². The van der Waals surface area contributed by atoms with E-state index in [2.05, 4.69) is 44.5 Å². The van der Waals surface area contributed by atoms with Crippen LogP contribution >= 0.6 is 24.0 Å². The van der Waals surface area contributed by atoms with E-state index in [-0.39, 0.29) is 35.9 Å². The van der Waals surface area contributed by atoms with Gasteiger partial charge >= 0.3 is 0 Å². The van der Waals surface area contributed by atoms with Crippen LogP contribution in [0.25, 0.3) is 0 Å². The molecule has 3 heterocycles.